The molecule has 25 heavy (non-hydrogen) atoms. The Labute approximate surface area is 152 Å². The van der Waals surface area contributed by atoms with Crippen molar-refractivity contribution in [2.45, 2.75) is 0 Å². The summed E-state index contributed by atoms with van der Waals surface area (Å²) in [7, 11) is 0. The summed E-state index contributed by atoms with van der Waals surface area (Å²) in [5, 5.41) is 5.80. The number of amides is 1. The number of fused-ring (bicyclic) bond motifs is 2. The van der Waals surface area contributed by atoms with E-state index in [4.69, 9.17) is 21.7 Å². The number of hydrogen-bond acceptors (Lipinski definition) is 7. The predicted molar refractivity (Wildman–Crippen MR) is 98.5 cm³/mol. The number of ether oxygens (including phenoxy) is 2. The highest BCUT2D eigenvalue weighted by molar-refractivity contribution is 7.80. The van der Waals surface area contributed by atoms with Gasteiger partial charge < -0.3 is 14.8 Å². The Kier molecular flexibility index (Phi) is 4.16. The van der Waals surface area contributed by atoms with Crippen LogP contribution in [-0.4, -0.2) is 33.0 Å². The molecule has 0 bridgehead atoms. The number of anilines is 1. The minimum Gasteiger partial charge on any atom is -0.486 e. The Bertz CT molecular complexity index is 973. The number of benzene rings is 2. The van der Waals surface area contributed by atoms with Gasteiger partial charge in [-0.1, -0.05) is 0 Å². The van der Waals surface area contributed by atoms with E-state index in [-0.39, 0.29) is 11.0 Å². The zero-order chi connectivity index (χ0) is 17.2. The largest absolute Gasteiger partial charge is 0.486 e. The van der Waals surface area contributed by atoms with Crippen molar-refractivity contribution in [3.05, 3.63) is 42.0 Å². The van der Waals surface area contributed by atoms with Crippen LogP contribution in [0.5, 0.6) is 11.5 Å². The first-order valence-electron chi connectivity index (χ1n) is 7.43. The first-order chi connectivity index (χ1) is 12.2. The number of thiocarbonyl (C=S) groups is 1. The van der Waals surface area contributed by atoms with Crippen molar-refractivity contribution in [2.75, 3.05) is 18.5 Å². The molecule has 2 N–H and O–H groups in total. The molecular formula is C16H12N4O3S2. The quantitative estimate of drug-likeness (QED) is 0.669. The molecule has 0 fully saturated rings. The smallest absolute Gasteiger partial charge is 0.257 e. The summed E-state index contributed by atoms with van der Waals surface area (Å²) in [4.78, 5) is 12.3. The topological polar surface area (TPSA) is 85.4 Å². The van der Waals surface area contributed by atoms with Crippen LogP contribution in [0.4, 0.5) is 5.69 Å². The van der Waals surface area contributed by atoms with Crippen LogP contribution >= 0.6 is 23.9 Å². The highest BCUT2D eigenvalue weighted by Crippen LogP contribution is 2.32. The molecule has 9 heteroatoms. The first kappa shape index (κ1) is 15.7. The molecule has 126 valence electrons. The fourth-order valence-electron chi connectivity index (χ4n) is 2.38. The van der Waals surface area contributed by atoms with E-state index >= 15 is 0 Å². The van der Waals surface area contributed by atoms with Crippen LogP contribution in [0.3, 0.4) is 0 Å². The molecule has 0 radical (unpaired) electrons. The maximum Gasteiger partial charge on any atom is 0.257 e. The van der Waals surface area contributed by atoms with E-state index < -0.39 is 0 Å². The Hall–Kier alpha value is -2.78. The maximum atomic E-state index is 12.3. The molecule has 0 saturated carbocycles. The van der Waals surface area contributed by atoms with Gasteiger partial charge >= 0.3 is 0 Å². The second kappa shape index (κ2) is 6.61. The van der Waals surface area contributed by atoms with E-state index in [1.807, 2.05) is 0 Å². The van der Waals surface area contributed by atoms with Gasteiger partial charge in [-0.2, -0.15) is 8.75 Å². The predicted octanol–water partition coefficient (Wildman–Crippen LogP) is 2.59. The molecule has 0 unspecified atom stereocenters. The van der Waals surface area contributed by atoms with E-state index in [9.17, 15) is 4.79 Å². The lowest BCUT2D eigenvalue weighted by Gasteiger charge is -2.19. The minimum absolute atomic E-state index is 0.193. The molecule has 0 aliphatic carbocycles. The van der Waals surface area contributed by atoms with Crippen molar-refractivity contribution in [1.29, 1.82) is 0 Å². The average molecular weight is 372 g/mol. The van der Waals surface area contributed by atoms with Gasteiger partial charge in [0.05, 0.1) is 11.7 Å². The van der Waals surface area contributed by atoms with Gasteiger partial charge in [0.25, 0.3) is 5.91 Å². The van der Waals surface area contributed by atoms with Crippen LogP contribution in [0, 0.1) is 0 Å². The summed E-state index contributed by atoms with van der Waals surface area (Å²) in [6.45, 7) is 1.04. The van der Waals surface area contributed by atoms with Crippen LogP contribution < -0.4 is 20.1 Å². The lowest BCUT2D eigenvalue weighted by atomic mass is 10.2. The second-order valence-corrected chi connectivity index (χ2v) is 6.17. The minimum atomic E-state index is -0.315. The summed E-state index contributed by atoms with van der Waals surface area (Å²) < 4.78 is 19.2. The zero-order valence-corrected chi connectivity index (χ0v) is 14.4. The van der Waals surface area contributed by atoms with Crippen molar-refractivity contribution in [2.24, 2.45) is 0 Å². The number of carbonyl (C=O) groups excluding carboxylic acids is 1. The van der Waals surface area contributed by atoms with Crippen molar-refractivity contribution in [1.82, 2.24) is 14.1 Å². The van der Waals surface area contributed by atoms with E-state index in [2.05, 4.69) is 19.4 Å². The number of nitrogens with one attached hydrogen (secondary N) is 2. The molecule has 1 aliphatic rings. The first-order valence-corrected chi connectivity index (χ1v) is 8.57. The lowest BCUT2D eigenvalue weighted by Crippen LogP contribution is -2.34. The molecule has 0 spiro atoms. The molecule has 0 atom stereocenters. The summed E-state index contributed by atoms with van der Waals surface area (Å²) in [6.07, 6.45) is 0. The molecule has 4 rings (SSSR count). The van der Waals surface area contributed by atoms with Gasteiger partial charge in [-0.3, -0.25) is 10.1 Å². The standard InChI is InChI=1S/C16H12N4O3S2/c21-15(9-1-3-11-12(7-9)20-25-19-11)18-16(24)17-10-2-4-13-14(8-10)23-6-5-22-13/h1-4,7-8H,5-6H2,(H2,17,18,21,24). The Morgan fingerprint density at radius 3 is 2.72 bits per heavy atom. The molecule has 1 aliphatic heterocycles. The molecule has 2 heterocycles. The van der Waals surface area contributed by atoms with Gasteiger partial charge in [-0.15, -0.1) is 0 Å². The van der Waals surface area contributed by atoms with E-state index in [0.717, 1.165) is 17.2 Å². The summed E-state index contributed by atoms with van der Waals surface area (Å²) in [6, 6.07) is 10.5. The molecule has 1 aromatic heterocycles. The van der Waals surface area contributed by atoms with Gasteiger partial charge in [0, 0.05) is 17.3 Å². The molecule has 0 saturated heterocycles. The molecule has 3 aromatic rings. The second-order valence-electron chi connectivity index (χ2n) is 5.23. The number of carbonyl (C=O) groups is 1. The van der Waals surface area contributed by atoms with E-state index in [0.29, 0.717) is 41.5 Å². The third-order valence-electron chi connectivity index (χ3n) is 3.54. The van der Waals surface area contributed by atoms with Gasteiger partial charge in [0.1, 0.15) is 24.2 Å². The number of aromatic nitrogens is 2. The van der Waals surface area contributed by atoms with E-state index in [1.165, 1.54) is 0 Å². The van der Waals surface area contributed by atoms with Crippen molar-refractivity contribution >= 4 is 51.7 Å². The van der Waals surface area contributed by atoms with Crippen molar-refractivity contribution in [3.63, 3.8) is 0 Å². The molecule has 7 nitrogen and oxygen atoms in total. The van der Waals surface area contributed by atoms with Crippen LogP contribution in [0.1, 0.15) is 10.4 Å². The fourth-order valence-corrected chi connectivity index (χ4v) is 3.11. The van der Waals surface area contributed by atoms with Gasteiger partial charge in [0.2, 0.25) is 0 Å². The maximum absolute atomic E-state index is 12.3. The van der Waals surface area contributed by atoms with Crippen LogP contribution in [0.15, 0.2) is 36.4 Å². The average Bonchev–Trinajstić information content (AvgIpc) is 3.09. The van der Waals surface area contributed by atoms with Crippen molar-refractivity contribution in [3.8, 4) is 11.5 Å². The van der Waals surface area contributed by atoms with E-state index in [1.54, 1.807) is 36.4 Å². The van der Waals surface area contributed by atoms with Crippen LogP contribution in [0.25, 0.3) is 11.0 Å². The molecule has 1 amide bonds. The highest BCUT2D eigenvalue weighted by Gasteiger charge is 2.13. The van der Waals surface area contributed by atoms with Gasteiger partial charge in [-0.05, 0) is 42.5 Å². The Morgan fingerprint density at radius 2 is 1.84 bits per heavy atom. The zero-order valence-electron chi connectivity index (χ0n) is 12.8. The third kappa shape index (κ3) is 3.37. The Balaban J connectivity index is 1.43. The summed E-state index contributed by atoms with van der Waals surface area (Å²) >= 11 is 6.31. The number of hydrogen-bond donors (Lipinski definition) is 2. The van der Waals surface area contributed by atoms with Crippen molar-refractivity contribution < 1.29 is 14.3 Å². The third-order valence-corrected chi connectivity index (χ3v) is 4.30. The summed E-state index contributed by atoms with van der Waals surface area (Å²) in [5.41, 5.74) is 2.61. The Morgan fingerprint density at radius 1 is 1.04 bits per heavy atom. The lowest BCUT2D eigenvalue weighted by molar-refractivity contribution is 0.0978. The summed E-state index contributed by atoms with van der Waals surface area (Å²) in [5.74, 6) is 1.02. The van der Waals surface area contributed by atoms with Crippen LogP contribution in [0.2, 0.25) is 0 Å². The normalized spacial score (nSPS) is 12.6. The molecule has 2 aromatic carbocycles. The molecular weight excluding hydrogens is 360 g/mol. The fraction of sp³-hybridized carbons (Fsp3) is 0.125. The van der Waals surface area contributed by atoms with Gasteiger partial charge in [0.15, 0.2) is 16.6 Å². The van der Waals surface area contributed by atoms with Crippen LogP contribution in [-0.2, 0) is 0 Å². The number of nitrogens with zero attached hydrogens (tertiary/aromatic N) is 2. The highest BCUT2D eigenvalue weighted by atomic mass is 32.1. The van der Waals surface area contributed by atoms with Gasteiger partial charge in [-0.25, -0.2) is 0 Å². The SMILES string of the molecule is O=C(NC(=S)Nc1ccc2c(c1)OCCO2)c1ccc2nsnc2c1. The number of rotatable bonds is 2. The monoisotopic (exact) mass is 372 g/mol.